The van der Waals surface area contributed by atoms with Gasteiger partial charge in [-0.1, -0.05) is 37.5 Å². The minimum Gasteiger partial charge on any atom is -0.478 e. The molecule has 2 aromatic carbocycles. The highest BCUT2D eigenvalue weighted by atomic mass is 32.1. The number of rotatable bonds is 8. The molecular formula is C32H34N4O4S. The van der Waals surface area contributed by atoms with Crippen LogP contribution in [0.5, 0.6) is 0 Å². The molecule has 9 heteroatoms. The minimum absolute atomic E-state index is 0.336. The largest absolute Gasteiger partial charge is 0.478 e. The van der Waals surface area contributed by atoms with E-state index in [0.717, 1.165) is 40.5 Å². The summed E-state index contributed by atoms with van der Waals surface area (Å²) in [5.41, 5.74) is 3.95. The molecule has 1 aliphatic rings. The van der Waals surface area contributed by atoms with Crippen molar-refractivity contribution >= 4 is 51.8 Å². The van der Waals surface area contributed by atoms with Gasteiger partial charge in [-0.2, -0.15) is 0 Å². The normalized spacial score (nSPS) is 14.4. The van der Waals surface area contributed by atoms with Gasteiger partial charge < -0.3 is 20.3 Å². The summed E-state index contributed by atoms with van der Waals surface area (Å²) in [5, 5.41) is 18.6. The van der Waals surface area contributed by atoms with E-state index >= 15 is 0 Å². The molecule has 1 aliphatic carbocycles. The Morgan fingerprint density at radius 3 is 2.46 bits per heavy atom. The van der Waals surface area contributed by atoms with E-state index in [0.29, 0.717) is 22.7 Å². The van der Waals surface area contributed by atoms with Crippen LogP contribution >= 0.6 is 11.3 Å². The number of aryl methyl sites for hydroxylation is 1. The van der Waals surface area contributed by atoms with Gasteiger partial charge in [0.2, 0.25) is 5.91 Å². The molecule has 0 saturated heterocycles. The number of fused-ring (bicyclic) bond motifs is 1. The Bertz CT molecular complexity index is 1610. The molecule has 3 N–H and O–H groups in total. The number of hydrogen-bond acceptors (Lipinski definition) is 5. The Hall–Kier alpha value is -4.24. The lowest BCUT2D eigenvalue weighted by Gasteiger charge is -2.25. The van der Waals surface area contributed by atoms with Crippen LogP contribution in [0, 0.1) is 0 Å². The summed E-state index contributed by atoms with van der Waals surface area (Å²) >= 11 is 1.63. The van der Waals surface area contributed by atoms with Crippen molar-refractivity contribution in [2.45, 2.75) is 57.4 Å². The number of carboxylic acid groups (broad SMARTS) is 1. The zero-order valence-corrected chi connectivity index (χ0v) is 24.3. The summed E-state index contributed by atoms with van der Waals surface area (Å²) in [6, 6.07) is 12.6. The highest BCUT2D eigenvalue weighted by molar-refractivity contribution is 7.13. The van der Waals surface area contributed by atoms with Crippen LogP contribution in [-0.2, 0) is 16.6 Å². The minimum atomic E-state index is -1.19. The third kappa shape index (κ3) is 6.10. The first-order chi connectivity index (χ1) is 19.6. The van der Waals surface area contributed by atoms with Gasteiger partial charge in [-0.3, -0.25) is 9.59 Å². The highest BCUT2D eigenvalue weighted by Gasteiger charge is 2.31. The second-order valence-corrected chi connectivity index (χ2v) is 11.9. The second kappa shape index (κ2) is 11.7. The number of thiazole rings is 1. The van der Waals surface area contributed by atoms with Gasteiger partial charge in [-0.05, 0) is 74.1 Å². The number of nitrogens with zero attached hydrogens (tertiary/aromatic N) is 2. The average molecular weight is 571 g/mol. The van der Waals surface area contributed by atoms with Crippen LogP contribution in [0.15, 0.2) is 60.1 Å². The van der Waals surface area contributed by atoms with E-state index in [1.54, 1.807) is 49.4 Å². The van der Waals surface area contributed by atoms with Crippen LogP contribution in [0.4, 0.5) is 5.69 Å². The van der Waals surface area contributed by atoms with E-state index in [2.05, 4.69) is 20.2 Å². The molecule has 2 amide bonds. The van der Waals surface area contributed by atoms with Crippen molar-refractivity contribution in [3.05, 3.63) is 76.8 Å². The van der Waals surface area contributed by atoms with Crippen LogP contribution in [0.3, 0.4) is 0 Å². The first-order valence-corrected chi connectivity index (χ1v) is 14.7. The zero-order valence-electron chi connectivity index (χ0n) is 23.4. The number of aliphatic carboxylic acids is 1. The van der Waals surface area contributed by atoms with Gasteiger partial charge in [0.05, 0.1) is 5.69 Å². The lowest BCUT2D eigenvalue weighted by Crippen LogP contribution is -2.52. The molecule has 0 atom stereocenters. The fourth-order valence-corrected chi connectivity index (χ4v) is 6.29. The lowest BCUT2D eigenvalue weighted by molar-refractivity contribution is -0.131. The summed E-state index contributed by atoms with van der Waals surface area (Å²) < 4.78 is 2.15. The molecule has 0 bridgehead atoms. The van der Waals surface area contributed by atoms with Crippen molar-refractivity contribution in [3.63, 3.8) is 0 Å². The number of carbonyl (C=O) groups excluding carboxylic acids is 2. The molecule has 2 aromatic heterocycles. The predicted molar refractivity (Wildman–Crippen MR) is 163 cm³/mol. The number of hydrogen-bond donors (Lipinski definition) is 3. The number of carboxylic acids is 1. The number of aromatic nitrogens is 2. The van der Waals surface area contributed by atoms with E-state index in [-0.39, 0.29) is 11.8 Å². The van der Waals surface area contributed by atoms with Crippen LogP contribution in [0.25, 0.3) is 27.7 Å². The molecule has 1 fully saturated rings. The Labute approximate surface area is 243 Å². The van der Waals surface area contributed by atoms with Crippen molar-refractivity contribution < 1.29 is 19.5 Å². The summed E-state index contributed by atoms with van der Waals surface area (Å²) in [5.74, 6) is -1.27. The van der Waals surface area contributed by atoms with E-state index in [1.165, 1.54) is 30.9 Å². The molecule has 8 nitrogen and oxygen atoms in total. The second-order valence-electron chi connectivity index (χ2n) is 11.1. The molecule has 4 aromatic rings. The monoisotopic (exact) mass is 570 g/mol. The fourth-order valence-electron chi connectivity index (χ4n) is 5.56. The summed E-state index contributed by atoms with van der Waals surface area (Å²) in [4.78, 5) is 41.8. The Morgan fingerprint density at radius 2 is 1.80 bits per heavy atom. The maximum Gasteiger partial charge on any atom is 0.328 e. The van der Waals surface area contributed by atoms with Gasteiger partial charge in [0.1, 0.15) is 10.5 Å². The van der Waals surface area contributed by atoms with Crippen LogP contribution in [0.1, 0.15) is 73.4 Å². The third-order valence-electron chi connectivity index (χ3n) is 7.73. The van der Waals surface area contributed by atoms with Crippen molar-refractivity contribution in [2.75, 3.05) is 5.32 Å². The van der Waals surface area contributed by atoms with Crippen LogP contribution < -0.4 is 10.6 Å². The smallest absolute Gasteiger partial charge is 0.328 e. The molecular weight excluding hydrogens is 536 g/mol. The summed E-state index contributed by atoms with van der Waals surface area (Å²) in [7, 11) is 2.03. The van der Waals surface area contributed by atoms with E-state index in [9.17, 15) is 14.4 Å². The number of amides is 2. The van der Waals surface area contributed by atoms with E-state index in [1.807, 2.05) is 36.8 Å². The van der Waals surface area contributed by atoms with E-state index < -0.39 is 11.5 Å². The van der Waals surface area contributed by atoms with Crippen molar-refractivity contribution in [3.8, 4) is 10.7 Å². The molecule has 1 saturated carbocycles. The zero-order chi connectivity index (χ0) is 29.1. The quantitative estimate of drug-likeness (QED) is 0.207. The Kier molecular flexibility index (Phi) is 8.08. The maximum atomic E-state index is 13.4. The molecule has 41 heavy (non-hydrogen) atoms. The summed E-state index contributed by atoms with van der Waals surface area (Å²) in [6.45, 7) is 3.32. The fraction of sp³-hybridized carbons (Fsp3) is 0.312. The molecule has 5 rings (SSSR count). The Morgan fingerprint density at radius 1 is 1.07 bits per heavy atom. The van der Waals surface area contributed by atoms with Gasteiger partial charge in [0.25, 0.3) is 5.91 Å². The first kappa shape index (κ1) is 28.3. The Balaban J connectivity index is 1.37. The van der Waals surface area contributed by atoms with Crippen molar-refractivity contribution in [1.29, 1.82) is 0 Å². The lowest BCUT2D eigenvalue weighted by atomic mass is 9.82. The molecule has 0 aliphatic heterocycles. The van der Waals surface area contributed by atoms with Gasteiger partial charge >= 0.3 is 5.97 Å². The van der Waals surface area contributed by atoms with Gasteiger partial charge in [0, 0.05) is 46.9 Å². The molecule has 0 unspecified atom stereocenters. The molecule has 2 heterocycles. The topological polar surface area (TPSA) is 113 Å². The number of anilines is 1. The highest BCUT2D eigenvalue weighted by Crippen LogP contribution is 2.44. The average Bonchev–Trinajstić information content (AvgIpc) is 3.59. The maximum absolute atomic E-state index is 13.4. The van der Waals surface area contributed by atoms with Gasteiger partial charge in [-0.15, -0.1) is 11.3 Å². The predicted octanol–water partition coefficient (Wildman–Crippen LogP) is 6.59. The SMILES string of the molecule is Cn1c(-c2nccs2)c(C2CCCCC2)c2ccc(C(=O)NC(C)(C)C(=O)Nc3ccc(/C=C/C(=O)O)cc3)cc21. The third-order valence-corrected chi connectivity index (χ3v) is 8.51. The number of nitrogens with one attached hydrogen (secondary N) is 2. The van der Waals surface area contributed by atoms with Crippen molar-refractivity contribution in [1.82, 2.24) is 14.9 Å². The number of carbonyl (C=O) groups is 3. The molecule has 0 radical (unpaired) electrons. The standard InChI is InChI=1S/C32H34N4O4S/c1-32(2,31(40)34-23-13-9-20(10-14-23)11-16-26(37)38)35-29(39)22-12-15-24-25(19-22)36(3)28(30-33-17-18-41-30)27(24)21-7-5-4-6-8-21/h9-19,21H,4-8H2,1-3H3,(H,34,40)(H,35,39)(H,37,38)/b16-11+. The van der Waals surface area contributed by atoms with Crippen LogP contribution in [0.2, 0.25) is 0 Å². The molecule has 0 spiro atoms. The van der Waals surface area contributed by atoms with Gasteiger partial charge in [0.15, 0.2) is 0 Å². The number of benzene rings is 2. The first-order valence-electron chi connectivity index (χ1n) is 13.8. The van der Waals surface area contributed by atoms with Crippen LogP contribution in [-0.4, -0.2) is 38.0 Å². The van der Waals surface area contributed by atoms with Crippen molar-refractivity contribution in [2.24, 2.45) is 7.05 Å². The van der Waals surface area contributed by atoms with Gasteiger partial charge in [-0.25, -0.2) is 9.78 Å². The van der Waals surface area contributed by atoms with E-state index in [4.69, 9.17) is 5.11 Å². The molecule has 212 valence electrons. The summed E-state index contributed by atoms with van der Waals surface area (Å²) in [6.07, 6.45) is 10.4.